The summed E-state index contributed by atoms with van der Waals surface area (Å²) < 4.78 is 57.6. The Kier molecular flexibility index (Phi) is 6.59. The van der Waals surface area contributed by atoms with Crippen molar-refractivity contribution in [1.82, 2.24) is 29.2 Å². The van der Waals surface area contributed by atoms with E-state index in [0.717, 1.165) is 12.8 Å². The number of sulfonamides is 1. The van der Waals surface area contributed by atoms with E-state index in [1.165, 1.54) is 10.6 Å². The number of halogens is 2. The number of nitrogens with one attached hydrogen (secondary N) is 1. The summed E-state index contributed by atoms with van der Waals surface area (Å²) in [6.45, 7) is 7.55. The maximum absolute atomic E-state index is 13.5. The quantitative estimate of drug-likeness (QED) is 0.412. The Morgan fingerprint density at radius 1 is 1.22 bits per heavy atom. The van der Waals surface area contributed by atoms with Crippen LogP contribution in [0.2, 0.25) is 0 Å². The lowest BCUT2D eigenvalue weighted by Crippen LogP contribution is -2.58. The number of pyridine rings is 1. The number of piperazine rings is 1. The van der Waals surface area contributed by atoms with Gasteiger partial charge in [-0.25, -0.2) is 22.2 Å². The van der Waals surface area contributed by atoms with Crippen LogP contribution in [0.25, 0.3) is 16.3 Å². The van der Waals surface area contributed by atoms with Gasteiger partial charge in [-0.05, 0) is 37.7 Å². The van der Waals surface area contributed by atoms with Gasteiger partial charge in [0.25, 0.3) is 6.43 Å². The molecule has 3 aromatic rings. The molecule has 0 bridgehead atoms. The van der Waals surface area contributed by atoms with Crippen LogP contribution in [0.5, 0.6) is 0 Å². The summed E-state index contributed by atoms with van der Waals surface area (Å²) in [5, 5.41) is 16.6. The number of alkyl halides is 2. The summed E-state index contributed by atoms with van der Waals surface area (Å²) in [4.78, 5) is 21.7. The lowest BCUT2D eigenvalue weighted by Gasteiger charge is -2.45. The van der Waals surface area contributed by atoms with Gasteiger partial charge in [-0.15, -0.1) is 10.2 Å². The predicted octanol–water partition coefficient (Wildman–Crippen LogP) is 3.60. The van der Waals surface area contributed by atoms with E-state index in [9.17, 15) is 27.3 Å². The summed E-state index contributed by atoms with van der Waals surface area (Å²) in [5.41, 5.74) is -0.306. The summed E-state index contributed by atoms with van der Waals surface area (Å²) in [6, 6.07) is 3.50. The number of fused-ring (bicyclic) bond motifs is 1. The van der Waals surface area contributed by atoms with Gasteiger partial charge in [-0.3, -0.25) is 9.20 Å². The average Bonchev–Trinajstić information content (AvgIpc) is 3.75. The highest BCUT2D eigenvalue weighted by atomic mass is 32.2. The molecule has 0 unspecified atom stereocenters. The second-order valence-corrected chi connectivity index (χ2v) is 14.5. The molecule has 2 saturated carbocycles. The smallest absolute Gasteiger partial charge is 0.291 e. The number of hydrogen-bond acceptors (Lipinski definition) is 9. The summed E-state index contributed by atoms with van der Waals surface area (Å²) in [7, 11) is -4.14. The Morgan fingerprint density at radius 2 is 1.95 bits per heavy atom. The van der Waals surface area contributed by atoms with Gasteiger partial charge in [0.05, 0.1) is 29.5 Å². The van der Waals surface area contributed by atoms with Crippen LogP contribution in [-0.2, 0) is 14.8 Å². The van der Waals surface area contributed by atoms with Gasteiger partial charge in [0.2, 0.25) is 15.9 Å². The van der Waals surface area contributed by atoms with Crippen molar-refractivity contribution in [1.29, 1.82) is 5.26 Å². The molecule has 0 aromatic carbocycles. The van der Waals surface area contributed by atoms with E-state index < -0.39 is 27.0 Å². The van der Waals surface area contributed by atoms with Gasteiger partial charge < -0.3 is 9.80 Å². The first kappa shape index (κ1) is 27.9. The average molecular weight is 605 g/mol. The van der Waals surface area contributed by atoms with Gasteiger partial charge in [0, 0.05) is 31.2 Å². The highest BCUT2D eigenvalue weighted by Gasteiger charge is 2.50. The van der Waals surface area contributed by atoms with Gasteiger partial charge >= 0.3 is 0 Å². The van der Waals surface area contributed by atoms with E-state index in [0.29, 0.717) is 55.0 Å². The summed E-state index contributed by atoms with van der Waals surface area (Å²) in [5.74, 6) is 0.485. The molecule has 1 aliphatic heterocycles. The molecule has 1 amide bonds. The Bertz CT molecular complexity index is 1670. The zero-order valence-electron chi connectivity index (χ0n) is 22.8. The standard InChI is InChI=1S/C26H30F2N8O3S2/c1-15(2)19-13-34(8-9-35(19)24(37)25(3)4-5-25)17-10-16(41(38,39)33-26(14-29)6-7-26)12-36-18(17)11-30-21(36)23-32-31-22(40-23)20(27)28/h10-12,15,19-20,33H,4-9,13H2,1-3H3/t19-/m0/s1. The van der Waals surface area contributed by atoms with E-state index in [1.54, 1.807) is 12.3 Å². The molecule has 218 valence electrons. The lowest BCUT2D eigenvalue weighted by molar-refractivity contribution is -0.140. The molecule has 3 aliphatic rings. The van der Waals surface area contributed by atoms with E-state index in [4.69, 9.17) is 0 Å². The fraction of sp³-hybridized carbons (Fsp3) is 0.577. The third-order valence-corrected chi connectivity index (χ3v) is 10.8. The summed E-state index contributed by atoms with van der Waals surface area (Å²) >= 11 is 0.686. The SMILES string of the molecule is CC(C)[C@@H]1CN(c2cc(S(=O)(=O)NC3(C#N)CC3)cn3c(-c4nnc(C(F)F)s4)ncc23)CCN1C(=O)C1(C)CC1. The van der Waals surface area contributed by atoms with Crippen LogP contribution >= 0.6 is 11.3 Å². The topological polar surface area (TPSA) is 137 Å². The fourth-order valence-electron chi connectivity index (χ4n) is 5.30. The van der Waals surface area contributed by atoms with E-state index in [1.807, 2.05) is 22.8 Å². The normalized spacial score (nSPS) is 21.5. The van der Waals surface area contributed by atoms with Crippen LogP contribution in [0.15, 0.2) is 23.4 Å². The monoisotopic (exact) mass is 604 g/mol. The second kappa shape index (κ2) is 9.67. The number of carbonyl (C=O) groups excluding carboxylic acids is 1. The van der Waals surface area contributed by atoms with Crippen molar-refractivity contribution in [3.05, 3.63) is 23.5 Å². The van der Waals surface area contributed by atoms with Crippen molar-refractivity contribution >= 4 is 38.5 Å². The molecular weight excluding hydrogens is 574 g/mol. The molecule has 1 saturated heterocycles. The molecule has 41 heavy (non-hydrogen) atoms. The van der Waals surface area contributed by atoms with Gasteiger partial charge in [0.15, 0.2) is 15.8 Å². The minimum atomic E-state index is -4.14. The highest BCUT2D eigenvalue weighted by Crippen LogP contribution is 2.47. The molecule has 1 atom stereocenters. The highest BCUT2D eigenvalue weighted by molar-refractivity contribution is 7.89. The number of nitrogens with zero attached hydrogens (tertiary/aromatic N) is 7. The molecule has 1 N–H and O–H groups in total. The van der Waals surface area contributed by atoms with Crippen molar-refractivity contribution in [2.75, 3.05) is 24.5 Å². The molecule has 3 aromatic heterocycles. The number of nitriles is 1. The number of carbonyl (C=O) groups is 1. The van der Waals surface area contributed by atoms with Crippen LogP contribution in [-0.4, -0.2) is 70.0 Å². The van der Waals surface area contributed by atoms with Crippen molar-refractivity contribution in [3.8, 4) is 16.9 Å². The van der Waals surface area contributed by atoms with Crippen LogP contribution in [0.3, 0.4) is 0 Å². The van der Waals surface area contributed by atoms with Crippen molar-refractivity contribution in [2.45, 2.75) is 69.4 Å². The number of aromatic nitrogens is 4. The molecule has 11 nitrogen and oxygen atoms in total. The van der Waals surface area contributed by atoms with Crippen molar-refractivity contribution in [3.63, 3.8) is 0 Å². The minimum Gasteiger partial charge on any atom is -0.366 e. The first-order valence-corrected chi connectivity index (χ1v) is 15.8. The first-order chi connectivity index (χ1) is 19.4. The summed E-state index contributed by atoms with van der Waals surface area (Å²) in [6.07, 6.45) is 2.73. The zero-order valence-corrected chi connectivity index (χ0v) is 24.5. The molecule has 0 radical (unpaired) electrons. The third kappa shape index (κ3) is 4.95. The van der Waals surface area contributed by atoms with Gasteiger partial charge in [0.1, 0.15) is 10.4 Å². The van der Waals surface area contributed by atoms with Crippen LogP contribution in [0, 0.1) is 22.7 Å². The van der Waals surface area contributed by atoms with Crippen molar-refractivity contribution < 1.29 is 22.0 Å². The molecule has 15 heteroatoms. The number of amides is 1. The van der Waals surface area contributed by atoms with Crippen LogP contribution in [0.4, 0.5) is 14.5 Å². The van der Waals surface area contributed by atoms with E-state index in [-0.39, 0.29) is 39.0 Å². The molecule has 3 fully saturated rings. The largest absolute Gasteiger partial charge is 0.366 e. The number of rotatable bonds is 8. The van der Waals surface area contributed by atoms with E-state index >= 15 is 0 Å². The second-order valence-electron chi connectivity index (χ2n) is 11.8. The Hall–Kier alpha value is -3.22. The number of hydrogen-bond donors (Lipinski definition) is 1. The van der Waals surface area contributed by atoms with Gasteiger partial charge in [-0.2, -0.15) is 9.98 Å². The Morgan fingerprint density at radius 3 is 2.54 bits per heavy atom. The Labute approximate surface area is 240 Å². The van der Waals surface area contributed by atoms with Crippen LogP contribution < -0.4 is 9.62 Å². The molecular formula is C26H30F2N8O3S2. The lowest BCUT2D eigenvalue weighted by atomic mass is 9.96. The minimum absolute atomic E-state index is 0.0931. The van der Waals surface area contributed by atoms with Gasteiger partial charge in [-0.1, -0.05) is 32.1 Å². The number of anilines is 1. The fourth-order valence-corrected chi connectivity index (χ4v) is 7.39. The first-order valence-electron chi connectivity index (χ1n) is 13.5. The number of imidazole rings is 1. The molecule has 6 rings (SSSR count). The zero-order chi connectivity index (χ0) is 29.3. The Balaban J connectivity index is 1.43. The van der Waals surface area contributed by atoms with Crippen molar-refractivity contribution in [2.24, 2.45) is 11.3 Å². The maximum Gasteiger partial charge on any atom is 0.291 e. The maximum atomic E-state index is 13.5. The van der Waals surface area contributed by atoms with E-state index in [2.05, 4.69) is 33.8 Å². The predicted molar refractivity (Wildman–Crippen MR) is 147 cm³/mol. The molecule has 2 aliphatic carbocycles. The third-order valence-electron chi connectivity index (χ3n) is 8.32. The molecule has 4 heterocycles. The molecule has 0 spiro atoms. The van der Waals surface area contributed by atoms with Crippen LogP contribution in [0.1, 0.15) is 57.9 Å².